The molecule has 0 aliphatic heterocycles. The molecule has 24 heavy (non-hydrogen) atoms. The van der Waals surface area contributed by atoms with Crippen molar-refractivity contribution in [2.24, 2.45) is 5.92 Å². The average molecular weight is 385 g/mol. The highest BCUT2D eigenvalue weighted by Crippen LogP contribution is 2.44. The molecule has 0 spiro atoms. The molecule has 1 unspecified atom stereocenters. The topological polar surface area (TPSA) is 43.4 Å². The number of rotatable bonds is 3. The first kappa shape index (κ1) is 18.8. The molecule has 0 fully saturated rings. The predicted molar refractivity (Wildman–Crippen MR) is 81.8 cm³/mol. The van der Waals surface area contributed by atoms with Crippen molar-refractivity contribution in [2.75, 3.05) is 13.4 Å². The Balaban J connectivity index is 2.59. The number of ether oxygens (including phenoxy) is 1. The maximum atomic E-state index is 14.4. The van der Waals surface area contributed by atoms with Gasteiger partial charge in [0.05, 0.1) is 17.9 Å². The summed E-state index contributed by atoms with van der Waals surface area (Å²) in [5.74, 6) is -3.31. The van der Waals surface area contributed by atoms with Gasteiger partial charge in [-0.05, 0) is 12.1 Å². The lowest BCUT2D eigenvalue weighted by molar-refractivity contribution is -0.162. The minimum atomic E-state index is -4.57. The maximum Gasteiger partial charge on any atom is 0.395 e. The second-order valence-corrected chi connectivity index (χ2v) is 7.71. The molecule has 2 rings (SSSR count). The average Bonchev–Trinajstić information content (AvgIpc) is 2.45. The van der Waals surface area contributed by atoms with Gasteiger partial charge < -0.3 is 4.74 Å². The van der Waals surface area contributed by atoms with Crippen LogP contribution in [0.5, 0.6) is 0 Å². The number of allylic oxidation sites excluding steroid dienone is 4. The van der Waals surface area contributed by atoms with Crippen LogP contribution in [0.4, 0.5) is 17.6 Å². The van der Waals surface area contributed by atoms with Crippen LogP contribution in [0.15, 0.2) is 40.8 Å². The highest BCUT2D eigenvalue weighted by Gasteiger charge is 2.42. The predicted octanol–water partition coefficient (Wildman–Crippen LogP) is 4.54. The molecule has 0 radical (unpaired) electrons. The molecule has 1 aromatic carbocycles. The van der Waals surface area contributed by atoms with Gasteiger partial charge >= 0.3 is 6.18 Å². The van der Waals surface area contributed by atoms with Crippen LogP contribution in [0.1, 0.15) is 12.0 Å². The summed E-state index contributed by atoms with van der Waals surface area (Å²) in [6.45, 7) is 0. The lowest BCUT2D eigenvalue weighted by Crippen LogP contribution is -2.24. The molecule has 0 N–H and O–H groups in total. The molecule has 0 heterocycles. The Hall–Kier alpha value is -1.54. The number of alkyl halides is 3. The summed E-state index contributed by atoms with van der Waals surface area (Å²) in [5, 5.41) is -0.169. The fourth-order valence-electron chi connectivity index (χ4n) is 2.31. The molecule has 0 bridgehead atoms. The first-order valence-electron chi connectivity index (χ1n) is 6.66. The van der Waals surface area contributed by atoms with Crippen LogP contribution in [0.25, 0.3) is 5.57 Å². The van der Waals surface area contributed by atoms with Gasteiger partial charge in [-0.25, -0.2) is 12.8 Å². The molecular formula is C15H13ClF4O3S. The monoisotopic (exact) mass is 384 g/mol. The van der Waals surface area contributed by atoms with E-state index in [4.69, 9.17) is 16.3 Å². The van der Waals surface area contributed by atoms with Gasteiger partial charge in [0.2, 0.25) is 0 Å². The third-order valence-corrected chi connectivity index (χ3v) is 5.00. The minimum Gasteiger partial charge on any atom is -0.498 e. The minimum absolute atomic E-state index is 0.0370. The fraction of sp³-hybridized carbons (Fsp3) is 0.333. The number of halogens is 5. The van der Waals surface area contributed by atoms with E-state index >= 15 is 0 Å². The highest BCUT2D eigenvalue weighted by molar-refractivity contribution is 7.90. The Morgan fingerprint density at radius 1 is 1.29 bits per heavy atom. The van der Waals surface area contributed by atoms with E-state index in [1.807, 2.05) is 0 Å². The van der Waals surface area contributed by atoms with Crippen molar-refractivity contribution in [3.05, 3.63) is 46.4 Å². The van der Waals surface area contributed by atoms with Gasteiger partial charge in [0.15, 0.2) is 15.7 Å². The van der Waals surface area contributed by atoms with Crippen LogP contribution >= 0.6 is 11.6 Å². The molecule has 3 nitrogen and oxygen atoms in total. The van der Waals surface area contributed by atoms with Crippen LogP contribution in [0, 0.1) is 5.92 Å². The van der Waals surface area contributed by atoms with Crippen molar-refractivity contribution >= 4 is 27.0 Å². The Kier molecular flexibility index (Phi) is 5.01. The Labute approximate surface area is 141 Å². The number of hydrogen-bond acceptors (Lipinski definition) is 3. The SMILES string of the molecule is COC1=C(F)C(c2ccc(S(C)(=O)=O)cc2Cl)=CC(C(F)(F)F)C1. The van der Waals surface area contributed by atoms with Gasteiger partial charge in [0, 0.05) is 28.8 Å². The Morgan fingerprint density at radius 3 is 2.38 bits per heavy atom. The van der Waals surface area contributed by atoms with Crippen molar-refractivity contribution in [1.29, 1.82) is 0 Å². The summed E-state index contributed by atoms with van der Waals surface area (Å²) in [5.41, 5.74) is -0.407. The second kappa shape index (κ2) is 6.40. The molecule has 1 aliphatic rings. The molecule has 1 aromatic rings. The first-order valence-corrected chi connectivity index (χ1v) is 8.93. The summed E-state index contributed by atoms with van der Waals surface area (Å²) in [7, 11) is -2.47. The van der Waals surface area contributed by atoms with Gasteiger partial charge in [0.25, 0.3) is 0 Å². The van der Waals surface area contributed by atoms with Crippen LogP contribution in [-0.4, -0.2) is 28.0 Å². The van der Waals surface area contributed by atoms with Gasteiger partial charge in [-0.3, -0.25) is 0 Å². The summed E-state index contributed by atoms with van der Waals surface area (Å²) in [4.78, 5) is -0.114. The number of benzene rings is 1. The molecule has 1 atom stereocenters. The Morgan fingerprint density at radius 2 is 1.92 bits per heavy atom. The standard InChI is InChI=1S/C15H13ClF4O3S/c1-23-13-6-8(15(18,19)20)5-11(14(13)17)10-4-3-9(7-12(10)16)24(2,21)22/h3-5,7-8H,6H2,1-2H3. The van der Waals surface area contributed by atoms with Gasteiger partial charge in [-0.15, -0.1) is 0 Å². The molecule has 0 saturated carbocycles. The van der Waals surface area contributed by atoms with E-state index in [1.165, 1.54) is 6.07 Å². The molecule has 0 aromatic heterocycles. The van der Waals surface area contributed by atoms with Crippen LogP contribution in [0.3, 0.4) is 0 Å². The summed E-state index contributed by atoms with van der Waals surface area (Å²) in [6.07, 6.45) is -3.52. The summed E-state index contributed by atoms with van der Waals surface area (Å²) < 4.78 is 81.2. The zero-order valence-electron chi connectivity index (χ0n) is 12.6. The van der Waals surface area contributed by atoms with E-state index in [1.54, 1.807) is 0 Å². The fourth-order valence-corrected chi connectivity index (χ4v) is 3.30. The highest BCUT2D eigenvalue weighted by atomic mass is 35.5. The lowest BCUT2D eigenvalue weighted by atomic mass is 9.90. The summed E-state index contributed by atoms with van der Waals surface area (Å²) >= 11 is 5.97. The summed E-state index contributed by atoms with van der Waals surface area (Å²) in [6, 6.07) is 3.41. The smallest absolute Gasteiger partial charge is 0.395 e. The van der Waals surface area contributed by atoms with Gasteiger partial charge in [0.1, 0.15) is 5.76 Å². The van der Waals surface area contributed by atoms with Crippen molar-refractivity contribution < 1.29 is 30.7 Å². The van der Waals surface area contributed by atoms with Crippen molar-refractivity contribution in [3.8, 4) is 0 Å². The number of methoxy groups -OCH3 is 1. The van der Waals surface area contributed by atoms with Crippen LogP contribution in [-0.2, 0) is 14.6 Å². The van der Waals surface area contributed by atoms with E-state index in [-0.39, 0.29) is 21.1 Å². The van der Waals surface area contributed by atoms with E-state index in [2.05, 4.69) is 0 Å². The normalized spacial score (nSPS) is 19.3. The van der Waals surface area contributed by atoms with E-state index in [0.29, 0.717) is 0 Å². The van der Waals surface area contributed by atoms with Gasteiger partial charge in [-0.2, -0.15) is 13.2 Å². The maximum absolute atomic E-state index is 14.4. The molecule has 1 aliphatic carbocycles. The third-order valence-electron chi connectivity index (χ3n) is 3.58. The zero-order chi connectivity index (χ0) is 18.3. The van der Waals surface area contributed by atoms with Crippen molar-refractivity contribution in [1.82, 2.24) is 0 Å². The zero-order valence-corrected chi connectivity index (χ0v) is 14.2. The Bertz CT molecular complexity index is 826. The first-order chi connectivity index (χ1) is 10.9. The van der Waals surface area contributed by atoms with Crippen LogP contribution < -0.4 is 0 Å². The quantitative estimate of drug-likeness (QED) is 0.719. The molecule has 0 amide bonds. The molecular weight excluding hydrogens is 372 g/mol. The van der Waals surface area contributed by atoms with Crippen LogP contribution in [0.2, 0.25) is 5.02 Å². The van der Waals surface area contributed by atoms with E-state index < -0.39 is 39.9 Å². The van der Waals surface area contributed by atoms with Gasteiger partial charge in [-0.1, -0.05) is 23.7 Å². The van der Waals surface area contributed by atoms with Crippen molar-refractivity contribution in [3.63, 3.8) is 0 Å². The number of hydrogen-bond donors (Lipinski definition) is 0. The lowest BCUT2D eigenvalue weighted by Gasteiger charge is -2.25. The van der Waals surface area contributed by atoms with E-state index in [9.17, 15) is 26.0 Å². The molecule has 9 heteroatoms. The third kappa shape index (κ3) is 3.75. The second-order valence-electron chi connectivity index (χ2n) is 5.29. The number of sulfone groups is 1. The molecule has 0 saturated heterocycles. The molecule has 132 valence electrons. The largest absolute Gasteiger partial charge is 0.498 e. The van der Waals surface area contributed by atoms with E-state index in [0.717, 1.165) is 31.6 Å². The van der Waals surface area contributed by atoms with Crippen molar-refractivity contribution in [2.45, 2.75) is 17.5 Å².